The van der Waals surface area contributed by atoms with Crippen molar-refractivity contribution in [2.24, 2.45) is 0 Å². The van der Waals surface area contributed by atoms with E-state index >= 15 is 0 Å². The molecule has 0 bridgehead atoms. The highest BCUT2D eigenvalue weighted by molar-refractivity contribution is 7.89. The predicted octanol–water partition coefficient (Wildman–Crippen LogP) is 2.18. The van der Waals surface area contributed by atoms with Crippen molar-refractivity contribution in [1.29, 1.82) is 0 Å². The average Bonchev–Trinajstić information content (AvgIpc) is 2.96. The van der Waals surface area contributed by atoms with Crippen molar-refractivity contribution in [2.75, 3.05) is 0 Å². The van der Waals surface area contributed by atoms with Crippen LogP contribution in [0.3, 0.4) is 0 Å². The third-order valence-corrected chi connectivity index (χ3v) is 5.69. The Morgan fingerprint density at radius 2 is 2.26 bits per heavy atom. The van der Waals surface area contributed by atoms with Crippen molar-refractivity contribution in [3.63, 3.8) is 0 Å². The molecule has 2 aromatic rings. The van der Waals surface area contributed by atoms with E-state index < -0.39 is 16.1 Å². The Morgan fingerprint density at radius 1 is 1.53 bits per heavy atom. The highest BCUT2D eigenvalue weighted by Crippen LogP contribution is 2.28. The fourth-order valence-electron chi connectivity index (χ4n) is 1.84. The zero-order valence-corrected chi connectivity index (χ0v) is 12.2. The van der Waals surface area contributed by atoms with E-state index in [1.54, 1.807) is 31.4 Å². The van der Waals surface area contributed by atoms with E-state index in [1.807, 2.05) is 0 Å². The van der Waals surface area contributed by atoms with Gasteiger partial charge in [-0.25, -0.2) is 13.1 Å². The Hall–Kier alpha value is -1.15. The van der Waals surface area contributed by atoms with Crippen LogP contribution in [0.5, 0.6) is 0 Å². The summed E-state index contributed by atoms with van der Waals surface area (Å²) in [5.74, 6) is 0.544. The molecule has 104 valence electrons. The summed E-state index contributed by atoms with van der Waals surface area (Å²) in [4.78, 5) is 0.607. The number of hydrogen-bond donors (Lipinski definition) is 2. The molecule has 2 aromatic heterocycles. The lowest BCUT2D eigenvalue weighted by molar-refractivity contribution is 0.282. The molecule has 2 N–H and O–H groups in total. The minimum absolute atomic E-state index is 0.165. The maximum absolute atomic E-state index is 12.3. The smallest absolute Gasteiger partial charge is 0.242 e. The fraction of sp³-hybridized carbons (Fsp3) is 0.333. The molecule has 2 heterocycles. The second-order valence-electron chi connectivity index (χ2n) is 4.19. The lowest BCUT2D eigenvalue weighted by atomic mass is 10.3. The van der Waals surface area contributed by atoms with Crippen LogP contribution < -0.4 is 4.72 Å². The third kappa shape index (κ3) is 2.89. The largest absolute Gasteiger partial charge is 0.468 e. The molecular weight excluding hydrogens is 286 g/mol. The van der Waals surface area contributed by atoms with Gasteiger partial charge in [0.2, 0.25) is 10.0 Å². The van der Waals surface area contributed by atoms with Gasteiger partial charge in [0, 0.05) is 0 Å². The highest BCUT2D eigenvalue weighted by atomic mass is 32.2. The minimum Gasteiger partial charge on any atom is -0.468 e. The number of thiophene rings is 1. The molecule has 0 spiro atoms. The van der Waals surface area contributed by atoms with E-state index in [1.165, 1.54) is 17.6 Å². The molecule has 0 amide bonds. The Bertz CT molecular complexity index is 643. The molecule has 0 aliphatic heterocycles. The molecule has 2 rings (SSSR count). The topological polar surface area (TPSA) is 79.5 Å². The molecule has 1 unspecified atom stereocenters. The molecule has 5 nitrogen and oxygen atoms in total. The van der Waals surface area contributed by atoms with E-state index in [2.05, 4.69) is 4.72 Å². The minimum atomic E-state index is -3.68. The van der Waals surface area contributed by atoms with Gasteiger partial charge in [0.05, 0.1) is 23.8 Å². The fourth-order valence-corrected chi connectivity index (χ4v) is 4.72. The first-order valence-electron chi connectivity index (χ1n) is 5.69. The molecule has 0 aliphatic rings. The van der Waals surface area contributed by atoms with Crippen LogP contribution in [0.4, 0.5) is 0 Å². The van der Waals surface area contributed by atoms with E-state index in [0.29, 0.717) is 16.2 Å². The summed E-state index contributed by atoms with van der Waals surface area (Å²) in [6.45, 7) is 3.13. The number of hydrogen-bond acceptors (Lipinski definition) is 5. The standard InChI is InChI=1S/C12H15NO4S2/c1-8-7-18-11(6-14)12(8)19(15,16)13-9(2)10-4-3-5-17-10/h3-5,7,9,13-14H,6H2,1-2H3. The number of aliphatic hydroxyl groups is 1. The van der Waals surface area contributed by atoms with Gasteiger partial charge < -0.3 is 9.52 Å². The Labute approximate surface area is 115 Å². The van der Waals surface area contributed by atoms with Gasteiger partial charge in [-0.1, -0.05) is 0 Å². The molecule has 7 heteroatoms. The summed E-state index contributed by atoms with van der Waals surface area (Å²) >= 11 is 1.23. The summed E-state index contributed by atoms with van der Waals surface area (Å²) in [7, 11) is -3.68. The molecule has 1 atom stereocenters. The van der Waals surface area contributed by atoms with Gasteiger partial charge in [0.1, 0.15) is 10.7 Å². The monoisotopic (exact) mass is 301 g/mol. The van der Waals surface area contributed by atoms with Crippen LogP contribution in [0.2, 0.25) is 0 Å². The molecular formula is C12H15NO4S2. The maximum Gasteiger partial charge on any atom is 0.242 e. The van der Waals surface area contributed by atoms with Crippen molar-refractivity contribution >= 4 is 21.4 Å². The van der Waals surface area contributed by atoms with Crippen LogP contribution in [-0.4, -0.2) is 13.5 Å². The van der Waals surface area contributed by atoms with Gasteiger partial charge in [0.25, 0.3) is 0 Å². The number of furan rings is 1. The second-order valence-corrected chi connectivity index (χ2v) is 6.80. The molecule has 0 fully saturated rings. The van der Waals surface area contributed by atoms with Gasteiger partial charge in [-0.05, 0) is 36.9 Å². The van der Waals surface area contributed by atoms with Crippen molar-refractivity contribution in [3.05, 3.63) is 40.0 Å². The zero-order chi connectivity index (χ0) is 14.0. The Balaban J connectivity index is 2.30. The normalized spacial score (nSPS) is 13.6. The second kappa shape index (κ2) is 5.46. The highest BCUT2D eigenvalue weighted by Gasteiger charge is 2.25. The lowest BCUT2D eigenvalue weighted by Crippen LogP contribution is -2.27. The van der Waals surface area contributed by atoms with Gasteiger partial charge in [0.15, 0.2) is 0 Å². The summed E-state index contributed by atoms with van der Waals surface area (Å²) in [6, 6.07) is 2.95. The van der Waals surface area contributed by atoms with E-state index in [4.69, 9.17) is 4.42 Å². The predicted molar refractivity (Wildman–Crippen MR) is 72.4 cm³/mol. The van der Waals surface area contributed by atoms with Gasteiger partial charge in [-0.2, -0.15) is 0 Å². The lowest BCUT2D eigenvalue weighted by Gasteiger charge is -2.13. The van der Waals surface area contributed by atoms with E-state index in [-0.39, 0.29) is 11.5 Å². The zero-order valence-electron chi connectivity index (χ0n) is 10.6. The third-order valence-electron chi connectivity index (χ3n) is 2.70. The molecule has 0 aromatic carbocycles. The number of aliphatic hydroxyl groups excluding tert-OH is 1. The molecule has 19 heavy (non-hydrogen) atoms. The molecule has 0 saturated carbocycles. The number of nitrogens with one attached hydrogen (secondary N) is 1. The SMILES string of the molecule is Cc1csc(CO)c1S(=O)(=O)NC(C)c1ccco1. The van der Waals surface area contributed by atoms with Crippen LogP contribution in [0.15, 0.2) is 33.1 Å². The first kappa shape index (κ1) is 14.3. The van der Waals surface area contributed by atoms with Crippen molar-refractivity contribution < 1.29 is 17.9 Å². The van der Waals surface area contributed by atoms with Crippen LogP contribution >= 0.6 is 11.3 Å². The van der Waals surface area contributed by atoms with Crippen LogP contribution in [-0.2, 0) is 16.6 Å². The average molecular weight is 301 g/mol. The Kier molecular flexibility index (Phi) is 4.10. The molecule has 0 saturated heterocycles. The van der Waals surface area contributed by atoms with Crippen LogP contribution in [0, 0.1) is 6.92 Å². The van der Waals surface area contributed by atoms with Crippen molar-refractivity contribution in [2.45, 2.75) is 31.4 Å². The van der Waals surface area contributed by atoms with Gasteiger partial charge in [-0.3, -0.25) is 0 Å². The van der Waals surface area contributed by atoms with Crippen molar-refractivity contribution in [1.82, 2.24) is 4.72 Å². The summed E-state index contributed by atoms with van der Waals surface area (Å²) < 4.78 is 32.4. The van der Waals surface area contributed by atoms with Crippen molar-refractivity contribution in [3.8, 4) is 0 Å². The summed E-state index contributed by atoms with van der Waals surface area (Å²) in [6.07, 6.45) is 1.50. The number of rotatable bonds is 5. The number of aryl methyl sites for hydroxylation is 1. The molecule has 0 aliphatic carbocycles. The summed E-state index contributed by atoms with van der Waals surface area (Å²) in [5.41, 5.74) is 0.633. The van der Waals surface area contributed by atoms with Crippen LogP contribution in [0.25, 0.3) is 0 Å². The van der Waals surface area contributed by atoms with Gasteiger partial charge >= 0.3 is 0 Å². The number of sulfonamides is 1. The first-order chi connectivity index (χ1) is 8.95. The summed E-state index contributed by atoms with van der Waals surface area (Å²) in [5, 5.41) is 10.9. The maximum atomic E-state index is 12.3. The first-order valence-corrected chi connectivity index (χ1v) is 8.05. The van der Waals surface area contributed by atoms with E-state index in [9.17, 15) is 13.5 Å². The van der Waals surface area contributed by atoms with Crippen LogP contribution in [0.1, 0.15) is 29.2 Å². The Morgan fingerprint density at radius 3 is 2.84 bits per heavy atom. The molecule has 0 radical (unpaired) electrons. The quantitative estimate of drug-likeness (QED) is 0.887. The van der Waals surface area contributed by atoms with Gasteiger partial charge in [-0.15, -0.1) is 11.3 Å². The van der Waals surface area contributed by atoms with E-state index in [0.717, 1.165) is 0 Å².